The van der Waals surface area contributed by atoms with E-state index in [0.29, 0.717) is 6.54 Å². The molecule has 0 aliphatic carbocycles. The zero-order chi connectivity index (χ0) is 19.9. The van der Waals surface area contributed by atoms with E-state index in [4.69, 9.17) is 4.42 Å². The van der Waals surface area contributed by atoms with Crippen molar-refractivity contribution >= 4 is 29.9 Å². The Morgan fingerprint density at radius 1 is 1.07 bits per heavy atom. The van der Waals surface area contributed by atoms with E-state index < -0.39 is 0 Å². The molecule has 2 rings (SSSR count). The number of nitrogens with one attached hydrogen (secondary N) is 2. The van der Waals surface area contributed by atoms with Crippen molar-refractivity contribution < 1.29 is 4.42 Å². The first-order valence-corrected chi connectivity index (χ1v) is 10.7. The van der Waals surface area contributed by atoms with Gasteiger partial charge in [0.2, 0.25) is 0 Å². The largest absolute Gasteiger partial charge is 0.467 e. The first-order chi connectivity index (χ1) is 13.8. The lowest BCUT2D eigenvalue weighted by atomic mass is 10.1. The van der Waals surface area contributed by atoms with E-state index in [1.54, 1.807) is 12.6 Å². The summed E-state index contributed by atoms with van der Waals surface area (Å²) in [5.74, 6) is 2.70. The molecule has 0 atom stereocenters. The molecule has 2 heterocycles. The van der Waals surface area contributed by atoms with Crippen molar-refractivity contribution in [2.45, 2.75) is 78.3 Å². The zero-order valence-electron chi connectivity index (χ0n) is 17.9. The predicted octanol–water partition coefficient (Wildman–Crippen LogP) is 4.54. The molecule has 0 spiro atoms. The summed E-state index contributed by atoms with van der Waals surface area (Å²) < 4.78 is 7.46. The third kappa shape index (κ3) is 10.7. The molecule has 0 amide bonds. The number of hydrogen-bond acceptors (Lipinski definition) is 4. The molecule has 0 unspecified atom stereocenters. The molecule has 0 saturated carbocycles. The molecule has 0 aliphatic heterocycles. The summed E-state index contributed by atoms with van der Waals surface area (Å²) in [6.45, 7) is 7.40. The first-order valence-electron chi connectivity index (χ1n) is 10.7. The fourth-order valence-electron chi connectivity index (χ4n) is 3.06. The van der Waals surface area contributed by atoms with Gasteiger partial charge in [-0.2, -0.15) is 0 Å². The normalized spacial score (nSPS) is 11.3. The number of nitrogens with zero attached hydrogens (tertiary/aromatic N) is 4. The van der Waals surface area contributed by atoms with Crippen LogP contribution >= 0.6 is 24.0 Å². The highest BCUT2D eigenvalue weighted by Crippen LogP contribution is 2.06. The van der Waals surface area contributed by atoms with E-state index >= 15 is 0 Å². The molecule has 2 N–H and O–H groups in total. The van der Waals surface area contributed by atoms with Crippen LogP contribution in [0.25, 0.3) is 0 Å². The molecule has 0 aliphatic rings. The van der Waals surface area contributed by atoms with Crippen LogP contribution in [-0.4, -0.2) is 33.8 Å². The highest BCUT2D eigenvalue weighted by Gasteiger charge is 2.03. The van der Waals surface area contributed by atoms with E-state index in [2.05, 4.69) is 44.2 Å². The van der Waals surface area contributed by atoms with E-state index in [1.165, 1.54) is 44.9 Å². The molecule has 0 aromatic carbocycles. The van der Waals surface area contributed by atoms with Crippen molar-refractivity contribution in [2.75, 3.05) is 13.1 Å². The first kappa shape index (κ1) is 25.5. The third-order valence-corrected chi connectivity index (χ3v) is 4.70. The number of aromatic nitrogens is 3. The number of hydrogen-bond donors (Lipinski definition) is 2. The molecular formula is C21H37IN6O. The summed E-state index contributed by atoms with van der Waals surface area (Å²) in [4.78, 5) is 4.65. The highest BCUT2D eigenvalue weighted by atomic mass is 127. The molecule has 2 aromatic rings. The smallest absolute Gasteiger partial charge is 0.191 e. The number of halogens is 1. The maximum Gasteiger partial charge on any atom is 0.191 e. The van der Waals surface area contributed by atoms with Gasteiger partial charge < -0.3 is 19.6 Å². The minimum Gasteiger partial charge on any atom is -0.467 e. The van der Waals surface area contributed by atoms with Gasteiger partial charge in [0.15, 0.2) is 5.96 Å². The zero-order valence-corrected chi connectivity index (χ0v) is 20.2. The summed E-state index contributed by atoms with van der Waals surface area (Å²) in [6.07, 6.45) is 13.5. The number of aryl methyl sites for hydroxylation is 1. The van der Waals surface area contributed by atoms with Gasteiger partial charge in [-0.25, -0.2) is 4.99 Å². The van der Waals surface area contributed by atoms with Gasteiger partial charge in [0.25, 0.3) is 0 Å². The van der Waals surface area contributed by atoms with E-state index in [-0.39, 0.29) is 24.0 Å². The number of furan rings is 1. The van der Waals surface area contributed by atoms with Crippen molar-refractivity contribution in [3.05, 3.63) is 36.3 Å². The molecule has 0 radical (unpaired) electrons. The lowest BCUT2D eigenvalue weighted by molar-refractivity contribution is 0.511. The Morgan fingerprint density at radius 2 is 1.83 bits per heavy atom. The number of unbranched alkanes of at least 4 members (excludes halogenated alkanes) is 6. The molecule has 7 nitrogen and oxygen atoms in total. The number of guanidine groups is 1. The summed E-state index contributed by atoms with van der Waals surface area (Å²) in [5, 5.41) is 15.0. The van der Waals surface area contributed by atoms with Gasteiger partial charge in [0, 0.05) is 26.1 Å². The average molecular weight is 516 g/mol. The molecule has 2 aromatic heterocycles. The van der Waals surface area contributed by atoms with Crippen LogP contribution in [-0.2, 0) is 19.5 Å². The van der Waals surface area contributed by atoms with Crippen molar-refractivity contribution in [1.82, 2.24) is 25.4 Å². The molecule has 164 valence electrons. The van der Waals surface area contributed by atoms with Crippen molar-refractivity contribution in [2.24, 2.45) is 4.99 Å². The second-order valence-corrected chi connectivity index (χ2v) is 7.01. The second kappa shape index (κ2) is 16.2. The Bertz CT molecular complexity index is 656. The minimum atomic E-state index is 0. The minimum absolute atomic E-state index is 0. The summed E-state index contributed by atoms with van der Waals surface area (Å²) in [6, 6.07) is 3.84. The van der Waals surface area contributed by atoms with Crippen LogP contribution in [0, 0.1) is 0 Å². The number of rotatable bonds is 14. The van der Waals surface area contributed by atoms with Crippen molar-refractivity contribution in [3.8, 4) is 0 Å². The third-order valence-electron chi connectivity index (χ3n) is 4.70. The van der Waals surface area contributed by atoms with Gasteiger partial charge in [-0.05, 0) is 18.6 Å². The summed E-state index contributed by atoms with van der Waals surface area (Å²) >= 11 is 0. The van der Waals surface area contributed by atoms with Crippen LogP contribution in [0.2, 0.25) is 0 Å². The quantitative estimate of drug-likeness (QED) is 0.167. The maximum atomic E-state index is 5.38. The molecule has 0 fully saturated rings. The van der Waals surface area contributed by atoms with Crippen molar-refractivity contribution in [1.29, 1.82) is 0 Å². The standard InChI is InChI=1S/C21H36N6O.HI/c1-3-5-6-7-8-9-10-13-22-21(24-17-19-12-11-16-28-19)23-14-15-27-18-25-26-20(27)4-2;/h11-12,16,18H,3-10,13-15,17H2,1-2H3,(H2,22,23,24);1H. The Kier molecular flexibility index (Phi) is 14.3. The lowest BCUT2D eigenvalue weighted by Gasteiger charge is -2.13. The molecule has 29 heavy (non-hydrogen) atoms. The Labute approximate surface area is 192 Å². The fourth-order valence-corrected chi connectivity index (χ4v) is 3.06. The molecule has 0 saturated heterocycles. The fraction of sp³-hybridized carbons (Fsp3) is 0.667. The van der Waals surface area contributed by atoms with Gasteiger partial charge in [0.05, 0.1) is 6.26 Å². The molecular weight excluding hydrogens is 479 g/mol. The van der Waals surface area contributed by atoms with E-state index in [9.17, 15) is 0 Å². The topological polar surface area (TPSA) is 80.3 Å². The van der Waals surface area contributed by atoms with Crippen molar-refractivity contribution in [3.63, 3.8) is 0 Å². The van der Waals surface area contributed by atoms with Crippen LogP contribution in [0.3, 0.4) is 0 Å². The Morgan fingerprint density at radius 3 is 2.55 bits per heavy atom. The SMILES string of the molecule is CCCCCCCCCNC(=NCc1ccco1)NCCn1cnnc1CC.I. The molecule has 8 heteroatoms. The van der Waals surface area contributed by atoms with Gasteiger partial charge >= 0.3 is 0 Å². The summed E-state index contributed by atoms with van der Waals surface area (Å²) in [5.41, 5.74) is 0. The van der Waals surface area contributed by atoms with Crippen LogP contribution in [0.15, 0.2) is 34.1 Å². The van der Waals surface area contributed by atoms with Crippen LogP contribution < -0.4 is 10.6 Å². The Balaban J connectivity index is 0.00000420. The van der Waals surface area contributed by atoms with Gasteiger partial charge in [-0.15, -0.1) is 34.2 Å². The monoisotopic (exact) mass is 516 g/mol. The highest BCUT2D eigenvalue weighted by molar-refractivity contribution is 14.0. The van der Waals surface area contributed by atoms with Crippen LogP contribution in [0.1, 0.15) is 70.4 Å². The molecule has 0 bridgehead atoms. The maximum absolute atomic E-state index is 5.38. The number of aliphatic imine (C=N–C) groups is 1. The van der Waals surface area contributed by atoms with E-state index in [0.717, 1.165) is 43.6 Å². The predicted molar refractivity (Wildman–Crippen MR) is 129 cm³/mol. The Hall–Kier alpha value is -1.58. The van der Waals surface area contributed by atoms with Crippen LogP contribution in [0.5, 0.6) is 0 Å². The van der Waals surface area contributed by atoms with Crippen LogP contribution in [0.4, 0.5) is 0 Å². The lowest BCUT2D eigenvalue weighted by Crippen LogP contribution is -2.39. The second-order valence-electron chi connectivity index (χ2n) is 7.01. The van der Waals surface area contributed by atoms with E-state index in [1.807, 2.05) is 12.1 Å². The van der Waals surface area contributed by atoms with Gasteiger partial charge in [-0.3, -0.25) is 0 Å². The average Bonchev–Trinajstić information content (AvgIpc) is 3.39. The van der Waals surface area contributed by atoms with Gasteiger partial charge in [-0.1, -0.05) is 52.4 Å². The van der Waals surface area contributed by atoms with Gasteiger partial charge in [0.1, 0.15) is 24.5 Å². The summed E-state index contributed by atoms with van der Waals surface area (Å²) in [7, 11) is 0.